The third kappa shape index (κ3) is 9.85. The summed E-state index contributed by atoms with van der Waals surface area (Å²) in [7, 11) is -3.72. The van der Waals surface area contributed by atoms with Crippen LogP contribution in [0.25, 0.3) is 0 Å². The van der Waals surface area contributed by atoms with Gasteiger partial charge in [0.25, 0.3) is 5.91 Å². The summed E-state index contributed by atoms with van der Waals surface area (Å²) in [4.78, 5) is 17.3. The van der Waals surface area contributed by atoms with E-state index in [0.717, 1.165) is 40.7 Å². The van der Waals surface area contributed by atoms with Crippen molar-refractivity contribution in [3.8, 4) is 0 Å². The van der Waals surface area contributed by atoms with Crippen LogP contribution in [0.5, 0.6) is 0 Å². The number of amides is 1. The molecule has 0 aliphatic heterocycles. The molecular formula is C29H36F2N4O5S. The number of aliphatic hydroxyl groups is 2. The van der Waals surface area contributed by atoms with Crippen molar-refractivity contribution in [1.29, 1.82) is 0 Å². The molecule has 0 aliphatic carbocycles. The topological polar surface area (TPSA) is 132 Å². The summed E-state index contributed by atoms with van der Waals surface area (Å²) in [6, 6.07) is 11.4. The van der Waals surface area contributed by atoms with Gasteiger partial charge in [-0.3, -0.25) is 14.1 Å². The number of carbonyl (C=O) groups is 1. The summed E-state index contributed by atoms with van der Waals surface area (Å²) in [5.41, 5.74) is 2.58. The molecule has 222 valence electrons. The van der Waals surface area contributed by atoms with Crippen molar-refractivity contribution in [3.63, 3.8) is 0 Å². The lowest BCUT2D eigenvalue weighted by Crippen LogP contribution is -2.48. The van der Waals surface area contributed by atoms with E-state index in [1.165, 1.54) is 24.0 Å². The van der Waals surface area contributed by atoms with Crippen molar-refractivity contribution in [3.05, 3.63) is 94.8 Å². The van der Waals surface area contributed by atoms with Crippen LogP contribution in [-0.2, 0) is 29.4 Å². The average Bonchev–Trinajstić information content (AvgIpc) is 2.92. The molecule has 1 amide bonds. The van der Waals surface area contributed by atoms with E-state index in [4.69, 9.17) is 5.11 Å². The molecule has 2 aromatic carbocycles. The standard InChI is InChI=1S/C29H36F2N4O5S/c1-3-20-6-4-7-21(10-20)16-32-19-28(37)27(13-22-11-24(30)15-25(31)12-22)34-29(38)23-14-26(18-33-17-23)35(8-5-9-36)41(2,39)40/h4,6-7,10-12,14-15,17-18,27-28,32,36-37H,3,5,8-9,13,16,19H2,1-2H3,(H,34,38). The van der Waals surface area contributed by atoms with Crippen LogP contribution in [0, 0.1) is 11.6 Å². The first kappa shape index (κ1) is 32.1. The Kier molecular flexibility index (Phi) is 11.7. The molecule has 0 bridgehead atoms. The molecular weight excluding hydrogens is 554 g/mol. The molecule has 2 unspecified atom stereocenters. The molecule has 0 saturated carbocycles. The Morgan fingerprint density at radius 1 is 1.05 bits per heavy atom. The van der Waals surface area contributed by atoms with Gasteiger partial charge in [-0.2, -0.15) is 0 Å². The maximum absolute atomic E-state index is 13.9. The predicted molar refractivity (Wildman–Crippen MR) is 153 cm³/mol. The number of nitrogens with one attached hydrogen (secondary N) is 2. The van der Waals surface area contributed by atoms with Gasteiger partial charge in [0, 0.05) is 38.5 Å². The van der Waals surface area contributed by atoms with Crippen LogP contribution < -0.4 is 14.9 Å². The smallest absolute Gasteiger partial charge is 0.253 e. The number of hydrogen-bond acceptors (Lipinski definition) is 7. The summed E-state index contributed by atoms with van der Waals surface area (Å²) in [6.07, 6.45) is 3.38. The van der Waals surface area contributed by atoms with Gasteiger partial charge < -0.3 is 20.8 Å². The lowest BCUT2D eigenvalue weighted by molar-refractivity contribution is 0.0829. The molecule has 9 nitrogen and oxygen atoms in total. The van der Waals surface area contributed by atoms with Gasteiger partial charge in [0.2, 0.25) is 10.0 Å². The zero-order chi connectivity index (χ0) is 30.0. The Labute approximate surface area is 239 Å². The first-order valence-corrected chi connectivity index (χ1v) is 15.1. The fourth-order valence-electron chi connectivity index (χ4n) is 4.37. The van der Waals surface area contributed by atoms with E-state index in [0.29, 0.717) is 6.54 Å². The minimum absolute atomic E-state index is 0.0125. The summed E-state index contributed by atoms with van der Waals surface area (Å²) in [5, 5.41) is 26.1. The number of aromatic nitrogens is 1. The normalized spacial score (nSPS) is 13.0. The van der Waals surface area contributed by atoms with Gasteiger partial charge in [-0.1, -0.05) is 31.2 Å². The molecule has 0 fully saturated rings. The Hall–Kier alpha value is -3.45. The van der Waals surface area contributed by atoms with Gasteiger partial charge in [-0.25, -0.2) is 17.2 Å². The molecule has 2 atom stereocenters. The van der Waals surface area contributed by atoms with Crippen molar-refractivity contribution >= 4 is 21.6 Å². The number of anilines is 1. The van der Waals surface area contributed by atoms with E-state index in [9.17, 15) is 27.1 Å². The molecule has 4 N–H and O–H groups in total. The molecule has 1 aromatic heterocycles. The summed E-state index contributed by atoms with van der Waals surface area (Å²) in [6.45, 7) is 2.35. The molecule has 0 spiro atoms. The monoisotopic (exact) mass is 590 g/mol. The molecule has 41 heavy (non-hydrogen) atoms. The zero-order valence-corrected chi connectivity index (χ0v) is 23.9. The van der Waals surface area contributed by atoms with Gasteiger partial charge in [0.05, 0.1) is 35.8 Å². The SMILES string of the molecule is CCc1cccc(CNCC(O)C(Cc2cc(F)cc(F)c2)NC(=O)c2cncc(N(CCCO)S(C)(=O)=O)c2)c1. The second-order valence-corrected chi connectivity index (χ2v) is 11.7. The highest BCUT2D eigenvalue weighted by Gasteiger charge is 2.24. The van der Waals surface area contributed by atoms with Gasteiger partial charge >= 0.3 is 0 Å². The van der Waals surface area contributed by atoms with E-state index >= 15 is 0 Å². The number of halogens is 2. The number of carbonyl (C=O) groups excluding carboxylic acids is 1. The van der Waals surface area contributed by atoms with E-state index in [1.54, 1.807) is 0 Å². The first-order valence-electron chi connectivity index (χ1n) is 13.3. The second kappa shape index (κ2) is 15.0. The fourth-order valence-corrected chi connectivity index (χ4v) is 5.32. The minimum atomic E-state index is -3.72. The number of aliphatic hydroxyl groups excluding tert-OH is 2. The number of sulfonamides is 1. The van der Waals surface area contributed by atoms with Crippen LogP contribution in [0.2, 0.25) is 0 Å². The molecule has 12 heteroatoms. The highest BCUT2D eigenvalue weighted by atomic mass is 32.2. The maximum atomic E-state index is 13.9. The highest BCUT2D eigenvalue weighted by molar-refractivity contribution is 7.92. The zero-order valence-electron chi connectivity index (χ0n) is 23.1. The van der Waals surface area contributed by atoms with Crippen molar-refractivity contribution in [1.82, 2.24) is 15.6 Å². The number of hydrogen-bond donors (Lipinski definition) is 4. The van der Waals surface area contributed by atoms with Crippen molar-refractivity contribution in [2.75, 3.05) is 30.3 Å². The maximum Gasteiger partial charge on any atom is 0.253 e. The fraction of sp³-hybridized carbons (Fsp3) is 0.379. The molecule has 0 saturated heterocycles. The number of pyridine rings is 1. The van der Waals surface area contributed by atoms with Gasteiger partial charge in [0.15, 0.2) is 0 Å². The second-order valence-electron chi connectivity index (χ2n) is 9.78. The average molecular weight is 591 g/mol. The Bertz CT molecular complexity index is 1400. The van der Waals surface area contributed by atoms with Crippen molar-refractivity contribution in [2.45, 2.75) is 44.9 Å². The first-order chi connectivity index (χ1) is 19.5. The van der Waals surface area contributed by atoms with Crippen LogP contribution >= 0.6 is 0 Å². The minimum Gasteiger partial charge on any atom is -0.396 e. The van der Waals surface area contributed by atoms with Crippen LogP contribution in [0.1, 0.15) is 40.4 Å². The molecule has 0 radical (unpaired) electrons. The Balaban J connectivity index is 1.79. The van der Waals surface area contributed by atoms with Crippen LogP contribution in [-0.4, -0.2) is 67.6 Å². The Morgan fingerprint density at radius 3 is 2.41 bits per heavy atom. The summed E-state index contributed by atoms with van der Waals surface area (Å²) >= 11 is 0. The number of benzene rings is 2. The lowest BCUT2D eigenvalue weighted by Gasteiger charge is -2.26. The van der Waals surface area contributed by atoms with Crippen LogP contribution in [0.3, 0.4) is 0 Å². The predicted octanol–water partition coefficient (Wildman–Crippen LogP) is 2.56. The Morgan fingerprint density at radius 2 is 1.76 bits per heavy atom. The van der Waals surface area contributed by atoms with E-state index < -0.39 is 39.7 Å². The van der Waals surface area contributed by atoms with Gasteiger partial charge in [-0.15, -0.1) is 0 Å². The largest absolute Gasteiger partial charge is 0.396 e. The van der Waals surface area contributed by atoms with E-state index in [1.807, 2.05) is 18.2 Å². The van der Waals surface area contributed by atoms with E-state index in [2.05, 4.69) is 28.6 Å². The number of rotatable bonds is 15. The number of nitrogens with zero attached hydrogens (tertiary/aromatic N) is 2. The molecule has 1 heterocycles. The van der Waals surface area contributed by atoms with Crippen LogP contribution in [0.15, 0.2) is 60.9 Å². The summed E-state index contributed by atoms with van der Waals surface area (Å²) in [5.74, 6) is -2.23. The molecule has 3 rings (SSSR count). The van der Waals surface area contributed by atoms with E-state index in [-0.39, 0.29) is 49.4 Å². The van der Waals surface area contributed by atoms with Crippen molar-refractivity contribution in [2.24, 2.45) is 0 Å². The third-order valence-electron chi connectivity index (χ3n) is 6.43. The number of aryl methyl sites for hydroxylation is 1. The van der Waals surface area contributed by atoms with Crippen LogP contribution in [0.4, 0.5) is 14.5 Å². The quantitative estimate of drug-likeness (QED) is 0.214. The highest BCUT2D eigenvalue weighted by Crippen LogP contribution is 2.19. The van der Waals surface area contributed by atoms with Gasteiger partial charge in [0.1, 0.15) is 11.6 Å². The molecule has 3 aromatic rings. The lowest BCUT2D eigenvalue weighted by atomic mass is 10.00. The van der Waals surface area contributed by atoms with Gasteiger partial charge in [-0.05, 0) is 54.2 Å². The molecule has 0 aliphatic rings. The summed E-state index contributed by atoms with van der Waals surface area (Å²) < 4.78 is 53.4. The third-order valence-corrected chi connectivity index (χ3v) is 7.63. The van der Waals surface area contributed by atoms with Crippen molar-refractivity contribution < 1.29 is 32.2 Å².